The van der Waals surface area contributed by atoms with Crippen molar-refractivity contribution in [1.82, 2.24) is 5.32 Å². The summed E-state index contributed by atoms with van der Waals surface area (Å²) < 4.78 is 9.64. The highest BCUT2D eigenvalue weighted by atomic mass is 16.5. The molecule has 1 fully saturated rings. The molecule has 0 bridgehead atoms. The van der Waals surface area contributed by atoms with E-state index in [4.69, 9.17) is 9.84 Å². The quantitative estimate of drug-likeness (QED) is 0.621. The minimum atomic E-state index is -1.08. The first-order valence-electron chi connectivity index (χ1n) is 5.36. The molecule has 96 valence electrons. The van der Waals surface area contributed by atoms with Crippen LogP contribution in [0.1, 0.15) is 19.8 Å². The van der Waals surface area contributed by atoms with Crippen LogP contribution in [0.2, 0.25) is 0 Å². The minimum Gasteiger partial charge on any atom is -0.479 e. The number of esters is 1. The summed E-state index contributed by atoms with van der Waals surface area (Å²) in [5.41, 5.74) is 0. The van der Waals surface area contributed by atoms with Crippen molar-refractivity contribution in [3.63, 3.8) is 0 Å². The summed E-state index contributed by atoms with van der Waals surface area (Å²) in [4.78, 5) is 33.0. The molecule has 0 saturated carbocycles. The molecule has 0 aromatic heterocycles. The molecule has 7 heteroatoms. The first-order chi connectivity index (χ1) is 8.04. The van der Waals surface area contributed by atoms with E-state index in [1.165, 1.54) is 0 Å². The van der Waals surface area contributed by atoms with Crippen molar-refractivity contribution in [3.8, 4) is 0 Å². The largest absolute Gasteiger partial charge is 0.479 e. The molecule has 0 radical (unpaired) electrons. The van der Waals surface area contributed by atoms with Crippen LogP contribution in [-0.2, 0) is 23.9 Å². The zero-order chi connectivity index (χ0) is 12.8. The van der Waals surface area contributed by atoms with Gasteiger partial charge in [0.2, 0.25) is 5.91 Å². The molecule has 2 atom stereocenters. The normalized spacial score (nSPS) is 23.1. The lowest BCUT2D eigenvalue weighted by molar-refractivity contribution is -0.153. The Morgan fingerprint density at radius 2 is 2.00 bits per heavy atom. The highest BCUT2D eigenvalue weighted by molar-refractivity contribution is 5.86. The van der Waals surface area contributed by atoms with E-state index in [1.807, 2.05) is 0 Å². The first kappa shape index (κ1) is 13.4. The molecule has 0 unspecified atom stereocenters. The van der Waals surface area contributed by atoms with Crippen molar-refractivity contribution in [3.05, 3.63) is 0 Å². The molecule has 1 amide bonds. The standard InChI is InChI=1S/C10H15NO6/c1-2-16-8(12)5-11-9(13)6-3-4-7(17-6)10(14)15/h6-7H,2-5H2,1H3,(H,11,13)(H,14,15)/t6-,7+/m0/s1. The third-order valence-electron chi connectivity index (χ3n) is 2.30. The van der Waals surface area contributed by atoms with Crippen LogP contribution in [0.5, 0.6) is 0 Å². The third-order valence-corrected chi connectivity index (χ3v) is 2.30. The van der Waals surface area contributed by atoms with Crippen molar-refractivity contribution >= 4 is 17.8 Å². The number of aliphatic carboxylic acids is 1. The molecule has 1 heterocycles. The molecule has 1 aliphatic heterocycles. The number of rotatable bonds is 5. The lowest BCUT2D eigenvalue weighted by atomic mass is 10.2. The molecular formula is C10H15NO6. The van der Waals surface area contributed by atoms with Crippen LogP contribution in [0.25, 0.3) is 0 Å². The molecule has 0 spiro atoms. The summed E-state index contributed by atoms with van der Waals surface area (Å²) >= 11 is 0. The summed E-state index contributed by atoms with van der Waals surface area (Å²) in [5, 5.41) is 11.0. The second kappa shape index (κ2) is 6.19. The van der Waals surface area contributed by atoms with Crippen molar-refractivity contribution in [1.29, 1.82) is 0 Å². The fraction of sp³-hybridized carbons (Fsp3) is 0.700. The Bertz CT molecular complexity index is 316. The summed E-state index contributed by atoms with van der Waals surface area (Å²) in [6, 6.07) is 0. The van der Waals surface area contributed by atoms with E-state index in [0.717, 1.165) is 0 Å². The summed E-state index contributed by atoms with van der Waals surface area (Å²) in [6.45, 7) is 1.68. The number of amides is 1. The molecule has 2 N–H and O–H groups in total. The van der Waals surface area contributed by atoms with Gasteiger partial charge in [0, 0.05) is 0 Å². The Morgan fingerprint density at radius 3 is 2.53 bits per heavy atom. The number of carbonyl (C=O) groups is 3. The smallest absolute Gasteiger partial charge is 0.332 e. The lowest BCUT2D eigenvalue weighted by Crippen LogP contribution is -2.38. The van der Waals surface area contributed by atoms with E-state index >= 15 is 0 Å². The average molecular weight is 245 g/mol. The van der Waals surface area contributed by atoms with Gasteiger partial charge in [-0.25, -0.2) is 4.79 Å². The zero-order valence-electron chi connectivity index (χ0n) is 9.47. The zero-order valence-corrected chi connectivity index (χ0v) is 9.47. The van der Waals surface area contributed by atoms with Gasteiger partial charge in [0.1, 0.15) is 12.6 Å². The van der Waals surface area contributed by atoms with Crippen LogP contribution in [-0.4, -0.2) is 48.3 Å². The van der Waals surface area contributed by atoms with E-state index < -0.39 is 30.1 Å². The number of ether oxygens (including phenoxy) is 2. The van der Waals surface area contributed by atoms with Crippen LogP contribution >= 0.6 is 0 Å². The van der Waals surface area contributed by atoms with Crippen molar-refractivity contribution in [2.75, 3.05) is 13.2 Å². The Balaban J connectivity index is 2.30. The van der Waals surface area contributed by atoms with Gasteiger partial charge in [-0.3, -0.25) is 9.59 Å². The Labute approximate surface area is 98.1 Å². The number of nitrogens with one attached hydrogen (secondary N) is 1. The van der Waals surface area contributed by atoms with Gasteiger partial charge in [-0.1, -0.05) is 0 Å². The number of hydrogen-bond acceptors (Lipinski definition) is 5. The second-order valence-corrected chi connectivity index (χ2v) is 3.55. The number of carboxylic acids is 1. The van der Waals surface area contributed by atoms with Crippen molar-refractivity contribution in [2.45, 2.75) is 32.0 Å². The third kappa shape index (κ3) is 4.03. The Morgan fingerprint density at radius 1 is 1.35 bits per heavy atom. The molecule has 1 aliphatic rings. The maximum absolute atomic E-state index is 11.5. The number of carbonyl (C=O) groups excluding carboxylic acids is 2. The van der Waals surface area contributed by atoms with Gasteiger partial charge in [0.25, 0.3) is 0 Å². The second-order valence-electron chi connectivity index (χ2n) is 3.55. The molecular weight excluding hydrogens is 230 g/mol. The molecule has 0 aromatic carbocycles. The molecule has 1 rings (SSSR count). The van der Waals surface area contributed by atoms with Gasteiger partial charge in [-0.05, 0) is 19.8 Å². The first-order valence-corrected chi connectivity index (χ1v) is 5.36. The predicted molar refractivity (Wildman–Crippen MR) is 55.2 cm³/mol. The predicted octanol–water partition coefficient (Wildman–Crippen LogP) is -0.702. The van der Waals surface area contributed by atoms with E-state index in [9.17, 15) is 14.4 Å². The Hall–Kier alpha value is -1.63. The Kier molecular flexibility index (Phi) is 4.89. The molecule has 7 nitrogen and oxygen atoms in total. The number of hydrogen-bond donors (Lipinski definition) is 2. The lowest BCUT2D eigenvalue weighted by Gasteiger charge is -2.11. The van der Waals surface area contributed by atoms with Crippen LogP contribution in [0.4, 0.5) is 0 Å². The molecule has 17 heavy (non-hydrogen) atoms. The maximum Gasteiger partial charge on any atom is 0.332 e. The van der Waals surface area contributed by atoms with Gasteiger partial charge in [-0.15, -0.1) is 0 Å². The SMILES string of the molecule is CCOC(=O)CNC(=O)[C@@H]1CC[C@H](C(=O)O)O1. The fourth-order valence-electron chi connectivity index (χ4n) is 1.50. The van der Waals surface area contributed by atoms with E-state index in [-0.39, 0.29) is 13.2 Å². The van der Waals surface area contributed by atoms with Crippen molar-refractivity contribution in [2.24, 2.45) is 0 Å². The topological polar surface area (TPSA) is 102 Å². The molecule has 0 aromatic rings. The van der Waals surface area contributed by atoms with Gasteiger partial charge in [0.05, 0.1) is 6.61 Å². The minimum absolute atomic E-state index is 0.232. The fourth-order valence-corrected chi connectivity index (χ4v) is 1.50. The van der Waals surface area contributed by atoms with Gasteiger partial charge >= 0.3 is 11.9 Å². The monoisotopic (exact) mass is 245 g/mol. The van der Waals surface area contributed by atoms with Gasteiger partial charge in [0.15, 0.2) is 6.10 Å². The van der Waals surface area contributed by atoms with Crippen LogP contribution in [0, 0.1) is 0 Å². The highest BCUT2D eigenvalue weighted by Gasteiger charge is 2.34. The molecule has 1 saturated heterocycles. The van der Waals surface area contributed by atoms with E-state index in [1.54, 1.807) is 6.92 Å². The summed E-state index contributed by atoms with van der Waals surface area (Å²) in [5.74, 6) is -2.10. The van der Waals surface area contributed by atoms with Crippen LogP contribution in [0.3, 0.4) is 0 Å². The number of carboxylic acid groups (broad SMARTS) is 1. The van der Waals surface area contributed by atoms with Crippen LogP contribution in [0.15, 0.2) is 0 Å². The van der Waals surface area contributed by atoms with Crippen molar-refractivity contribution < 1.29 is 29.0 Å². The van der Waals surface area contributed by atoms with E-state index in [2.05, 4.69) is 10.1 Å². The maximum atomic E-state index is 11.5. The van der Waals surface area contributed by atoms with Crippen LogP contribution < -0.4 is 5.32 Å². The molecule has 0 aliphatic carbocycles. The van der Waals surface area contributed by atoms with Gasteiger partial charge in [-0.2, -0.15) is 0 Å². The summed E-state index contributed by atoms with van der Waals surface area (Å²) in [6.07, 6.45) is -1.10. The highest BCUT2D eigenvalue weighted by Crippen LogP contribution is 2.19. The summed E-state index contributed by atoms with van der Waals surface area (Å²) in [7, 11) is 0. The van der Waals surface area contributed by atoms with E-state index in [0.29, 0.717) is 12.8 Å². The average Bonchev–Trinajstić information content (AvgIpc) is 2.75. The van der Waals surface area contributed by atoms with Gasteiger partial charge < -0.3 is 19.9 Å².